The van der Waals surface area contributed by atoms with Crippen LogP contribution in [0.15, 0.2) is 85.1 Å². The van der Waals surface area contributed by atoms with Crippen LogP contribution in [0.4, 0.5) is 0 Å². The van der Waals surface area contributed by atoms with Crippen LogP contribution >= 0.6 is 0 Å². The third-order valence-corrected chi connectivity index (χ3v) is 6.08. The molecule has 1 aliphatic heterocycles. The predicted octanol–water partition coefficient (Wildman–Crippen LogP) is 4.27. The highest BCUT2D eigenvalue weighted by molar-refractivity contribution is 6.10. The summed E-state index contributed by atoms with van der Waals surface area (Å²) in [6.07, 6.45) is 1.82. The highest BCUT2D eigenvalue weighted by atomic mass is 16.3. The first kappa shape index (κ1) is 23.9. The van der Waals surface area contributed by atoms with E-state index in [9.17, 15) is 9.90 Å². The first-order valence-electron chi connectivity index (χ1n) is 11.4. The minimum Gasteiger partial charge on any atom is -0.508 e. The zero-order valence-electron chi connectivity index (χ0n) is 19.2. The third kappa shape index (κ3) is 5.65. The highest BCUT2D eigenvalue weighted by Gasteiger charge is 2.24. The molecule has 1 amide bonds. The number of hydrogen-bond acceptors (Lipinski definition) is 5. The Bertz CT molecular complexity index is 1300. The average Bonchev–Trinajstić information content (AvgIpc) is 2.89. The fourth-order valence-corrected chi connectivity index (χ4v) is 4.42. The van der Waals surface area contributed by atoms with Gasteiger partial charge in [0.15, 0.2) is 0 Å². The maximum atomic E-state index is 13.4. The van der Waals surface area contributed by atoms with Crippen molar-refractivity contribution in [3.8, 4) is 16.9 Å². The molecule has 0 bridgehead atoms. The second-order valence-corrected chi connectivity index (χ2v) is 8.25. The molecule has 1 aromatic heterocycles. The number of pyridine rings is 1. The lowest BCUT2D eigenvalue weighted by molar-refractivity contribution is -0.122. The molecule has 35 heavy (non-hydrogen) atoms. The molecule has 7 heteroatoms. The molecule has 7 nitrogen and oxygen atoms in total. The van der Waals surface area contributed by atoms with Crippen molar-refractivity contribution >= 4 is 23.2 Å². The molecular formula is C28H27N3O4. The molecule has 0 aliphatic carbocycles. The van der Waals surface area contributed by atoms with Gasteiger partial charge in [0.1, 0.15) is 5.75 Å². The molecule has 0 spiro atoms. The van der Waals surface area contributed by atoms with Crippen LogP contribution in [0.5, 0.6) is 5.75 Å². The van der Waals surface area contributed by atoms with E-state index in [1.807, 2.05) is 77.8 Å². The van der Waals surface area contributed by atoms with Gasteiger partial charge in [-0.05, 0) is 52.2 Å². The van der Waals surface area contributed by atoms with Crippen molar-refractivity contribution in [1.29, 1.82) is 0 Å². The molecule has 4 aromatic rings. The molecule has 1 aliphatic rings. The topological polar surface area (TPSA) is 94.0 Å². The van der Waals surface area contributed by atoms with E-state index in [-0.39, 0.29) is 18.1 Å². The Morgan fingerprint density at radius 3 is 2.31 bits per heavy atom. The maximum absolute atomic E-state index is 13.4. The summed E-state index contributed by atoms with van der Waals surface area (Å²) in [5, 5.41) is 18.7. The second-order valence-electron chi connectivity index (χ2n) is 8.25. The molecule has 2 N–H and O–H groups in total. The molecule has 5 rings (SSSR count). The van der Waals surface area contributed by atoms with Crippen LogP contribution in [0, 0.1) is 0 Å². The van der Waals surface area contributed by atoms with E-state index in [0.717, 1.165) is 52.8 Å². The number of phenolic OH excluding ortho intramolecular Hbond substituents is 1. The van der Waals surface area contributed by atoms with Crippen LogP contribution in [0.2, 0.25) is 0 Å². The molecule has 3 aromatic carbocycles. The number of aromatic hydroxyl groups is 1. The molecule has 1 fully saturated rings. The minimum atomic E-state index is -0.250. The number of amides is 1. The number of benzene rings is 3. The van der Waals surface area contributed by atoms with Gasteiger partial charge in [-0.15, -0.1) is 0 Å². The van der Waals surface area contributed by atoms with Crippen molar-refractivity contribution in [1.82, 2.24) is 14.8 Å². The van der Waals surface area contributed by atoms with Crippen molar-refractivity contribution in [3.63, 3.8) is 0 Å². The maximum Gasteiger partial charge on any atom is 0.290 e. The van der Waals surface area contributed by atoms with Gasteiger partial charge >= 0.3 is 0 Å². The second kappa shape index (κ2) is 11.3. The summed E-state index contributed by atoms with van der Waals surface area (Å²) in [5.74, 6) is 0.302. The van der Waals surface area contributed by atoms with Crippen LogP contribution < -0.4 is 0 Å². The van der Waals surface area contributed by atoms with Crippen LogP contribution in [-0.2, 0) is 11.3 Å². The van der Waals surface area contributed by atoms with Crippen molar-refractivity contribution in [2.24, 2.45) is 0 Å². The smallest absolute Gasteiger partial charge is 0.290 e. The number of aromatic nitrogens is 1. The van der Waals surface area contributed by atoms with Crippen LogP contribution in [-0.4, -0.2) is 63.6 Å². The molecule has 0 atom stereocenters. The van der Waals surface area contributed by atoms with E-state index in [1.54, 1.807) is 12.1 Å². The first-order chi connectivity index (χ1) is 17.1. The fraction of sp³-hybridized carbons (Fsp3) is 0.179. The number of nitrogens with zero attached hydrogens (tertiary/aromatic N) is 3. The lowest BCUT2D eigenvalue weighted by Gasteiger charge is -2.34. The minimum absolute atomic E-state index is 0.0705. The summed E-state index contributed by atoms with van der Waals surface area (Å²) < 4.78 is 0. The molecular weight excluding hydrogens is 442 g/mol. The molecule has 0 radical (unpaired) electrons. The summed E-state index contributed by atoms with van der Waals surface area (Å²) in [4.78, 5) is 30.5. The summed E-state index contributed by atoms with van der Waals surface area (Å²) in [5.41, 5.74) is 3.72. The quantitative estimate of drug-likeness (QED) is 0.434. The van der Waals surface area contributed by atoms with Gasteiger partial charge in [0.05, 0.1) is 5.69 Å². The van der Waals surface area contributed by atoms with Gasteiger partial charge in [0, 0.05) is 44.5 Å². The number of carbonyl (C=O) groups is 2. The number of phenols is 1. The van der Waals surface area contributed by atoms with E-state index in [2.05, 4.69) is 9.88 Å². The Hall–Kier alpha value is -4.23. The summed E-state index contributed by atoms with van der Waals surface area (Å²) in [6.45, 7) is 3.64. The van der Waals surface area contributed by atoms with Gasteiger partial charge < -0.3 is 15.1 Å². The molecule has 1 saturated heterocycles. The van der Waals surface area contributed by atoms with Gasteiger partial charge in [-0.25, -0.2) is 0 Å². The first-order valence-corrected chi connectivity index (χ1v) is 11.4. The standard InChI is InChI=1S/C27H25N3O2.CH2O2/c31-22-8-3-6-20(18-22)23-9-4-11-25-24(23)10-5-12-26(25)27(32)30-16-14-29(15-17-30)19-21-7-1-2-13-28-21;2-1-3/h1-13,18,31H,14-17,19H2;1H,(H,2,3). The summed E-state index contributed by atoms with van der Waals surface area (Å²) in [7, 11) is 0. The number of rotatable bonds is 4. The molecule has 178 valence electrons. The number of carboxylic acid groups (broad SMARTS) is 1. The van der Waals surface area contributed by atoms with Crippen molar-refractivity contribution in [3.05, 3.63) is 96.3 Å². The van der Waals surface area contributed by atoms with Gasteiger partial charge in [0.25, 0.3) is 12.4 Å². The van der Waals surface area contributed by atoms with E-state index in [1.165, 1.54) is 0 Å². The van der Waals surface area contributed by atoms with E-state index in [0.29, 0.717) is 13.1 Å². The van der Waals surface area contributed by atoms with Gasteiger partial charge in [-0.2, -0.15) is 0 Å². The normalized spacial score (nSPS) is 13.7. The van der Waals surface area contributed by atoms with E-state index in [4.69, 9.17) is 9.90 Å². The zero-order valence-corrected chi connectivity index (χ0v) is 19.2. The van der Waals surface area contributed by atoms with Gasteiger partial charge in [-0.3, -0.25) is 19.5 Å². The number of piperazine rings is 1. The van der Waals surface area contributed by atoms with Crippen molar-refractivity contribution in [2.75, 3.05) is 26.2 Å². The molecule has 0 saturated carbocycles. The van der Waals surface area contributed by atoms with E-state index >= 15 is 0 Å². The van der Waals surface area contributed by atoms with Crippen molar-refractivity contribution < 1.29 is 19.8 Å². The number of fused-ring (bicyclic) bond motifs is 1. The average molecular weight is 470 g/mol. The number of hydrogen-bond donors (Lipinski definition) is 2. The monoisotopic (exact) mass is 469 g/mol. The fourth-order valence-electron chi connectivity index (χ4n) is 4.42. The Morgan fingerprint density at radius 2 is 1.60 bits per heavy atom. The summed E-state index contributed by atoms with van der Waals surface area (Å²) >= 11 is 0. The third-order valence-electron chi connectivity index (χ3n) is 6.08. The SMILES string of the molecule is O=C(c1cccc2c(-c3cccc(O)c3)cccc12)N1CCN(Cc2ccccn2)CC1.O=CO. The summed E-state index contributed by atoms with van der Waals surface area (Å²) in [6, 6.07) is 25.1. The Balaban J connectivity index is 0.000000917. The van der Waals surface area contributed by atoms with Gasteiger partial charge in [-0.1, -0.05) is 48.5 Å². The van der Waals surface area contributed by atoms with Crippen LogP contribution in [0.3, 0.4) is 0 Å². The Kier molecular flexibility index (Phi) is 7.70. The Morgan fingerprint density at radius 1 is 0.886 bits per heavy atom. The van der Waals surface area contributed by atoms with Crippen LogP contribution in [0.1, 0.15) is 16.1 Å². The van der Waals surface area contributed by atoms with Crippen LogP contribution in [0.25, 0.3) is 21.9 Å². The van der Waals surface area contributed by atoms with Gasteiger partial charge in [0.2, 0.25) is 0 Å². The Labute approximate surface area is 203 Å². The zero-order chi connectivity index (χ0) is 24.6. The lowest BCUT2D eigenvalue weighted by atomic mass is 9.95. The predicted molar refractivity (Wildman–Crippen MR) is 135 cm³/mol. The molecule has 2 heterocycles. The lowest BCUT2D eigenvalue weighted by Crippen LogP contribution is -2.48. The number of carbonyl (C=O) groups excluding carboxylic acids is 1. The van der Waals surface area contributed by atoms with E-state index < -0.39 is 0 Å². The van der Waals surface area contributed by atoms with Crippen molar-refractivity contribution in [2.45, 2.75) is 6.54 Å². The largest absolute Gasteiger partial charge is 0.508 e. The molecule has 0 unspecified atom stereocenters. The highest BCUT2D eigenvalue weighted by Crippen LogP contribution is 2.32.